The van der Waals surface area contributed by atoms with Crippen LogP contribution in [0.4, 0.5) is 0 Å². The van der Waals surface area contributed by atoms with E-state index in [4.69, 9.17) is 33.2 Å². The van der Waals surface area contributed by atoms with E-state index in [9.17, 15) is 29.7 Å². The van der Waals surface area contributed by atoms with Crippen LogP contribution in [0.1, 0.15) is 96.8 Å². The Morgan fingerprint density at radius 1 is 0.750 bits per heavy atom. The van der Waals surface area contributed by atoms with E-state index in [-0.39, 0.29) is 36.5 Å². The molecule has 4 heterocycles. The van der Waals surface area contributed by atoms with Crippen LogP contribution in [0.2, 0.25) is 0 Å². The molecule has 0 amide bonds. The van der Waals surface area contributed by atoms with Gasteiger partial charge in [-0.05, 0) is 79.5 Å². The lowest BCUT2D eigenvalue weighted by Gasteiger charge is -2.62. The minimum absolute atomic E-state index is 0.134. The molecule has 7 fully saturated rings. The zero-order chi connectivity index (χ0) is 44.8. The second kappa shape index (κ2) is 15.9. The molecule has 3 aromatic rings. The van der Waals surface area contributed by atoms with Crippen molar-refractivity contribution in [1.29, 1.82) is 0 Å². The first kappa shape index (κ1) is 43.4. The van der Waals surface area contributed by atoms with Gasteiger partial charge in [0.15, 0.2) is 5.60 Å². The Balaban J connectivity index is 1.19. The summed E-state index contributed by atoms with van der Waals surface area (Å²) >= 11 is 0. The number of hydrogen-bond donors (Lipinski definition) is 3. The molecule has 10 rings (SSSR count). The average Bonchev–Trinajstić information content (AvgIpc) is 3.93. The van der Waals surface area contributed by atoms with E-state index in [0.717, 1.165) is 25.7 Å². The molecular weight excluding hydrogens is 821 g/mol. The fraction of sp³-hybridized carbons (Fsp3) is 0.549. The highest BCUT2D eigenvalue weighted by Gasteiger charge is 2.91. The number of rotatable bonds is 9. The van der Waals surface area contributed by atoms with Gasteiger partial charge in [-0.1, -0.05) is 107 Å². The molecule has 4 saturated heterocycles. The first-order valence-electron chi connectivity index (χ1n) is 22.9. The van der Waals surface area contributed by atoms with Crippen LogP contribution in [0.5, 0.6) is 0 Å². The van der Waals surface area contributed by atoms with Gasteiger partial charge in [0.1, 0.15) is 48.3 Å². The number of aliphatic hydroxyl groups is 3. The van der Waals surface area contributed by atoms with Crippen LogP contribution in [0.3, 0.4) is 0 Å². The summed E-state index contributed by atoms with van der Waals surface area (Å²) in [7, 11) is 0. The topological polar surface area (TPSA) is 180 Å². The molecular formula is C51H58O13. The summed E-state index contributed by atoms with van der Waals surface area (Å²) in [5, 5.41) is 40.0. The molecule has 3 N–H and O–H groups in total. The van der Waals surface area contributed by atoms with Crippen molar-refractivity contribution in [2.45, 2.75) is 125 Å². The van der Waals surface area contributed by atoms with Gasteiger partial charge in [-0.2, -0.15) is 0 Å². The quantitative estimate of drug-likeness (QED) is 0.0960. The van der Waals surface area contributed by atoms with Gasteiger partial charge >= 0.3 is 23.9 Å². The van der Waals surface area contributed by atoms with E-state index in [1.807, 2.05) is 13.8 Å². The minimum atomic E-state index is -2.36. The number of benzene rings is 3. The fourth-order valence-corrected chi connectivity index (χ4v) is 13.2. The number of ether oxygens (including phenoxy) is 7. The summed E-state index contributed by atoms with van der Waals surface area (Å²) in [5.41, 5.74) is -5.68. The average molecular weight is 879 g/mol. The smallest absolute Gasteiger partial charge is 0.338 e. The highest BCUT2D eigenvalue weighted by molar-refractivity contribution is 5.90. The molecule has 0 aromatic heterocycles. The molecule has 2 spiro atoms. The van der Waals surface area contributed by atoms with Crippen LogP contribution in [0, 0.1) is 35.5 Å². The van der Waals surface area contributed by atoms with Gasteiger partial charge in [-0.15, -0.1) is 0 Å². The number of aliphatic hydroxyl groups excluding tert-OH is 2. The Labute approximate surface area is 373 Å². The van der Waals surface area contributed by atoms with Crippen molar-refractivity contribution in [3.63, 3.8) is 0 Å². The number of carbonyl (C=O) groups excluding carboxylic acids is 3. The second-order valence-corrected chi connectivity index (χ2v) is 19.6. The van der Waals surface area contributed by atoms with Crippen LogP contribution in [-0.2, 0) is 33.2 Å². The zero-order valence-corrected chi connectivity index (χ0v) is 36.5. The number of hydrogen-bond acceptors (Lipinski definition) is 13. The van der Waals surface area contributed by atoms with Gasteiger partial charge in [0.2, 0.25) is 0 Å². The lowest BCUT2D eigenvalue weighted by molar-refractivity contribution is -0.459. The first-order valence-corrected chi connectivity index (χ1v) is 22.9. The maximum atomic E-state index is 14.3. The predicted octanol–water partition coefficient (Wildman–Crippen LogP) is 6.19. The normalized spacial score (nSPS) is 42.7. The summed E-state index contributed by atoms with van der Waals surface area (Å²) in [6.45, 7) is 9.60. The van der Waals surface area contributed by atoms with E-state index in [0.29, 0.717) is 17.6 Å². The van der Waals surface area contributed by atoms with E-state index < -0.39 is 113 Å². The van der Waals surface area contributed by atoms with Gasteiger partial charge < -0.3 is 48.5 Å². The van der Waals surface area contributed by atoms with Crippen molar-refractivity contribution in [3.8, 4) is 0 Å². The molecule has 16 atom stereocenters. The molecule has 340 valence electrons. The molecule has 0 radical (unpaired) electrons. The van der Waals surface area contributed by atoms with E-state index >= 15 is 0 Å². The maximum Gasteiger partial charge on any atom is 0.338 e. The van der Waals surface area contributed by atoms with E-state index in [1.54, 1.807) is 91.0 Å². The highest BCUT2D eigenvalue weighted by Crippen LogP contribution is 2.76. The molecule has 4 aliphatic heterocycles. The summed E-state index contributed by atoms with van der Waals surface area (Å²) in [6, 6.07) is 25.6. The highest BCUT2D eigenvalue weighted by atomic mass is 16.9. The standard InChI is InChI=1S/C51H58O13/c1-29(2)47-26-35(27-58-43(53)32-19-11-7-12-20-32)50-38-41(47)62-51(63-47,64-50)36(52)25-17-6-5-10-18-30(3)37-31(4)40(60-45(55)34-23-15-9-16-24-34)49(57,39(37)50)46(56)48(42(38)61-48)28-59-44(54)33-21-13-8-14-22-33/h7-9,11-16,19-24,30-31,35-42,46,52,56-57H,1,5-6,10,17-18,25-28H2,2-4H3/t30-,31+,35+,36-,37+,38-,39-,40+,41-,42+,46-,47-,48+,49-,50-,51?/m1/s1. The van der Waals surface area contributed by atoms with Crippen LogP contribution in [0.25, 0.3) is 0 Å². The lowest BCUT2D eigenvalue weighted by Crippen LogP contribution is -2.75. The predicted molar refractivity (Wildman–Crippen MR) is 228 cm³/mol. The third-order valence-corrected chi connectivity index (χ3v) is 16.1. The van der Waals surface area contributed by atoms with Gasteiger partial charge in [0.05, 0.1) is 28.9 Å². The van der Waals surface area contributed by atoms with E-state index in [1.165, 1.54) is 0 Å². The molecule has 3 bridgehead atoms. The van der Waals surface area contributed by atoms with Crippen LogP contribution >= 0.6 is 0 Å². The maximum absolute atomic E-state index is 14.3. The molecule has 13 heteroatoms. The zero-order valence-electron chi connectivity index (χ0n) is 36.5. The van der Waals surface area contributed by atoms with Crippen molar-refractivity contribution in [2.24, 2.45) is 35.5 Å². The number of fused-ring (bicyclic) bond motifs is 1. The molecule has 64 heavy (non-hydrogen) atoms. The van der Waals surface area contributed by atoms with Crippen LogP contribution in [0.15, 0.2) is 103 Å². The van der Waals surface area contributed by atoms with Crippen molar-refractivity contribution < 1.29 is 62.9 Å². The summed E-state index contributed by atoms with van der Waals surface area (Å²) in [5.74, 6) is -8.04. The van der Waals surface area contributed by atoms with Gasteiger partial charge in [-0.3, -0.25) is 0 Å². The molecule has 1 unspecified atom stereocenters. The molecule has 3 aromatic carbocycles. The molecule has 7 aliphatic rings. The third kappa shape index (κ3) is 6.32. The third-order valence-electron chi connectivity index (χ3n) is 16.1. The number of esters is 3. The molecule has 13 nitrogen and oxygen atoms in total. The number of carbonyl (C=O) groups is 3. The van der Waals surface area contributed by atoms with E-state index in [2.05, 4.69) is 13.5 Å². The summed E-state index contributed by atoms with van der Waals surface area (Å²) in [6.07, 6.45) is -2.05. The van der Waals surface area contributed by atoms with Crippen LogP contribution < -0.4 is 0 Å². The summed E-state index contributed by atoms with van der Waals surface area (Å²) < 4.78 is 47.3. The fourth-order valence-electron chi connectivity index (χ4n) is 13.2. The van der Waals surface area contributed by atoms with Gasteiger partial charge in [0.25, 0.3) is 0 Å². The van der Waals surface area contributed by atoms with Crippen molar-refractivity contribution in [1.82, 2.24) is 0 Å². The van der Waals surface area contributed by atoms with Gasteiger partial charge in [0, 0.05) is 17.8 Å². The Hall–Kier alpha value is -4.47. The Morgan fingerprint density at radius 2 is 1.33 bits per heavy atom. The summed E-state index contributed by atoms with van der Waals surface area (Å²) in [4.78, 5) is 41.9. The Kier molecular flexibility index (Phi) is 10.8. The minimum Gasteiger partial charge on any atom is -0.462 e. The molecule has 3 saturated carbocycles. The van der Waals surface area contributed by atoms with Crippen molar-refractivity contribution >= 4 is 17.9 Å². The second-order valence-electron chi connectivity index (χ2n) is 19.6. The first-order chi connectivity index (χ1) is 30.7. The largest absolute Gasteiger partial charge is 0.462 e. The lowest BCUT2D eigenvalue weighted by atomic mass is 9.51. The monoisotopic (exact) mass is 878 g/mol. The van der Waals surface area contributed by atoms with Gasteiger partial charge in [-0.25, -0.2) is 14.4 Å². The molecule has 3 aliphatic carbocycles. The Bertz CT molecular complexity index is 2270. The SMILES string of the molecule is C=C(C)[C@]12C[C@@H](COC(=O)c3ccccc3)[C@@]34OC5(O[C@@H]1[C@@H]3[C@@H]1O[C@]1(COC(=O)c1ccccc1)[C@@H](O)[C@@]1(O)[C@H]4[C@H]([C@H](C)[C@@H]1OC(=O)c1ccccc1)[C@H](C)CCCCCC[C@H]5O)O2. The Morgan fingerprint density at radius 3 is 1.94 bits per heavy atom. The number of epoxide rings is 1. The van der Waals surface area contributed by atoms with Crippen LogP contribution in [-0.4, -0.2) is 105 Å². The van der Waals surface area contributed by atoms with Crippen molar-refractivity contribution in [2.75, 3.05) is 13.2 Å². The van der Waals surface area contributed by atoms with Crippen molar-refractivity contribution in [3.05, 3.63) is 120 Å².